The second-order valence-corrected chi connectivity index (χ2v) is 5.19. The third kappa shape index (κ3) is 2.11. The van der Waals surface area contributed by atoms with Gasteiger partial charge in [-0.25, -0.2) is 4.79 Å². The number of carbonyl (C=O) groups is 2. The van der Waals surface area contributed by atoms with Crippen LogP contribution in [0.1, 0.15) is 40.0 Å². The van der Waals surface area contributed by atoms with Gasteiger partial charge in [-0.05, 0) is 19.8 Å². The second kappa shape index (κ2) is 4.88. The molecule has 3 atom stereocenters. The van der Waals surface area contributed by atoms with Crippen molar-refractivity contribution in [2.24, 2.45) is 5.41 Å². The summed E-state index contributed by atoms with van der Waals surface area (Å²) < 4.78 is 15.9. The van der Waals surface area contributed by atoms with Crippen LogP contribution in [0.15, 0.2) is 0 Å². The summed E-state index contributed by atoms with van der Waals surface area (Å²) >= 11 is 0. The topological polar surface area (TPSA) is 61.8 Å². The Morgan fingerprint density at radius 3 is 2.72 bits per heavy atom. The minimum atomic E-state index is -0.887. The van der Waals surface area contributed by atoms with Gasteiger partial charge in [0.1, 0.15) is 12.2 Å². The molecule has 0 aromatic rings. The highest BCUT2D eigenvalue weighted by molar-refractivity contribution is 5.84. The molecule has 0 saturated carbocycles. The Labute approximate surface area is 107 Å². The van der Waals surface area contributed by atoms with Gasteiger partial charge in [0.05, 0.1) is 12.0 Å². The zero-order valence-electron chi connectivity index (χ0n) is 11.1. The van der Waals surface area contributed by atoms with Crippen LogP contribution in [0.5, 0.6) is 0 Å². The van der Waals surface area contributed by atoms with Crippen LogP contribution < -0.4 is 0 Å². The Balaban J connectivity index is 2.05. The molecule has 0 aromatic carbocycles. The maximum Gasteiger partial charge on any atom is 0.350 e. The standard InChI is InChI=1S/C13H20O5/c1-4-13(3,5-2)12(15)18-10-9-8(6-7-16-9)17-11(10)14/h8-10H,4-7H2,1-3H3/t8-,9+,10?/m1/s1. The molecule has 2 saturated heterocycles. The SMILES string of the molecule is CCC(C)(CC)C(=O)OC1C(=O)O[C@@H]2CCO[C@H]12. The minimum absolute atomic E-state index is 0.246. The maximum atomic E-state index is 12.1. The molecule has 2 fully saturated rings. The lowest BCUT2D eigenvalue weighted by Crippen LogP contribution is -2.39. The van der Waals surface area contributed by atoms with Crippen molar-refractivity contribution >= 4 is 11.9 Å². The van der Waals surface area contributed by atoms with Crippen LogP contribution in [0.25, 0.3) is 0 Å². The second-order valence-electron chi connectivity index (χ2n) is 5.19. The lowest BCUT2D eigenvalue weighted by molar-refractivity contribution is -0.172. The van der Waals surface area contributed by atoms with E-state index >= 15 is 0 Å². The van der Waals surface area contributed by atoms with Gasteiger partial charge in [0.2, 0.25) is 6.10 Å². The normalized spacial score (nSPS) is 31.1. The first-order valence-corrected chi connectivity index (χ1v) is 6.55. The molecule has 5 heteroatoms. The van der Waals surface area contributed by atoms with E-state index in [0.29, 0.717) is 25.9 Å². The number of esters is 2. The van der Waals surface area contributed by atoms with E-state index in [1.54, 1.807) is 0 Å². The molecule has 0 amide bonds. The monoisotopic (exact) mass is 256 g/mol. The molecule has 18 heavy (non-hydrogen) atoms. The van der Waals surface area contributed by atoms with Gasteiger partial charge in [-0.15, -0.1) is 0 Å². The van der Waals surface area contributed by atoms with Crippen molar-refractivity contribution < 1.29 is 23.8 Å². The van der Waals surface area contributed by atoms with Gasteiger partial charge in [0, 0.05) is 6.42 Å². The minimum Gasteiger partial charge on any atom is -0.457 e. The fourth-order valence-corrected chi connectivity index (χ4v) is 2.26. The average Bonchev–Trinajstić information content (AvgIpc) is 2.91. The number of carbonyl (C=O) groups excluding carboxylic acids is 2. The van der Waals surface area contributed by atoms with Crippen LogP contribution in [0, 0.1) is 5.41 Å². The van der Waals surface area contributed by atoms with Gasteiger partial charge in [0.15, 0.2) is 0 Å². The fraction of sp³-hybridized carbons (Fsp3) is 0.846. The highest BCUT2D eigenvalue weighted by Crippen LogP contribution is 2.33. The lowest BCUT2D eigenvalue weighted by Gasteiger charge is -2.26. The summed E-state index contributed by atoms with van der Waals surface area (Å²) in [5.41, 5.74) is -0.545. The van der Waals surface area contributed by atoms with E-state index in [4.69, 9.17) is 14.2 Å². The number of rotatable bonds is 4. The molecule has 2 rings (SSSR count). The van der Waals surface area contributed by atoms with Crippen molar-refractivity contribution in [3.05, 3.63) is 0 Å². The highest BCUT2D eigenvalue weighted by Gasteiger charge is 2.52. The largest absolute Gasteiger partial charge is 0.457 e. The summed E-state index contributed by atoms with van der Waals surface area (Å²) in [5.74, 6) is -0.821. The fourth-order valence-electron chi connectivity index (χ4n) is 2.26. The molecule has 5 nitrogen and oxygen atoms in total. The van der Waals surface area contributed by atoms with Crippen molar-refractivity contribution in [2.75, 3.05) is 6.61 Å². The van der Waals surface area contributed by atoms with Gasteiger partial charge < -0.3 is 14.2 Å². The first kappa shape index (κ1) is 13.3. The molecule has 2 heterocycles. The van der Waals surface area contributed by atoms with E-state index < -0.39 is 23.6 Å². The first-order valence-electron chi connectivity index (χ1n) is 6.55. The molecule has 0 spiro atoms. The Morgan fingerprint density at radius 2 is 2.11 bits per heavy atom. The Hall–Kier alpha value is -1.10. The Morgan fingerprint density at radius 1 is 1.44 bits per heavy atom. The van der Waals surface area contributed by atoms with Crippen LogP contribution in [0.3, 0.4) is 0 Å². The van der Waals surface area contributed by atoms with E-state index in [1.807, 2.05) is 20.8 Å². The van der Waals surface area contributed by atoms with Crippen molar-refractivity contribution in [1.29, 1.82) is 0 Å². The molecule has 1 unspecified atom stereocenters. The summed E-state index contributed by atoms with van der Waals surface area (Å²) in [7, 11) is 0. The summed E-state index contributed by atoms with van der Waals surface area (Å²) in [6.45, 7) is 6.28. The third-order valence-corrected chi connectivity index (χ3v) is 4.16. The molecule has 0 aliphatic carbocycles. The first-order chi connectivity index (χ1) is 8.51. The Bertz CT molecular complexity index is 347. The molecule has 102 valence electrons. The van der Waals surface area contributed by atoms with E-state index in [-0.39, 0.29) is 12.1 Å². The predicted molar refractivity (Wildman–Crippen MR) is 62.8 cm³/mol. The van der Waals surface area contributed by atoms with Crippen molar-refractivity contribution in [1.82, 2.24) is 0 Å². The maximum absolute atomic E-state index is 12.1. The van der Waals surface area contributed by atoms with Gasteiger partial charge in [-0.2, -0.15) is 0 Å². The summed E-state index contributed by atoms with van der Waals surface area (Å²) in [6.07, 6.45) is 0.494. The van der Waals surface area contributed by atoms with E-state index in [0.717, 1.165) is 0 Å². The summed E-state index contributed by atoms with van der Waals surface area (Å²) in [6, 6.07) is 0. The third-order valence-electron chi connectivity index (χ3n) is 4.16. The smallest absolute Gasteiger partial charge is 0.350 e. The van der Waals surface area contributed by atoms with E-state index in [2.05, 4.69) is 0 Å². The van der Waals surface area contributed by atoms with Gasteiger partial charge in [-0.3, -0.25) is 4.79 Å². The van der Waals surface area contributed by atoms with E-state index in [9.17, 15) is 9.59 Å². The number of ether oxygens (including phenoxy) is 3. The van der Waals surface area contributed by atoms with Crippen molar-refractivity contribution in [3.8, 4) is 0 Å². The van der Waals surface area contributed by atoms with Crippen LogP contribution in [-0.4, -0.2) is 36.9 Å². The Kier molecular flexibility index (Phi) is 3.61. The average molecular weight is 256 g/mol. The predicted octanol–water partition coefficient (Wildman–Crippen LogP) is 1.44. The van der Waals surface area contributed by atoms with E-state index in [1.165, 1.54) is 0 Å². The molecular weight excluding hydrogens is 236 g/mol. The number of hydrogen-bond acceptors (Lipinski definition) is 5. The van der Waals surface area contributed by atoms with Crippen LogP contribution in [-0.2, 0) is 23.8 Å². The molecule has 0 N–H and O–H groups in total. The van der Waals surface area contributed by atoms with Gasteiger partial charge in [-0.1, -0.05) is 13.8 Å². The van der Waals surface area contributed by atoms with Crippen LogP contribution in [0.2, 0.25) is 0 Å². The molecule has 0 bridgehead atoms. The highest BCUT2D eigenvalue weighted by atomic mass is 16.7. The van der Waals surface area contributed by atoms with Crippen molar-refractivity contribution in [3.63, 3.8) is 0 Å². The summed E-state index contributed by atoms with van der Waals surface area (Å²) in [5, 5.41) is 0. The van der Waals surface area contributed by atoms with Gasteiger partial charge >= 0.3 is 11.9 Å². The van der Waals surface area contributed by atoms with Crippen molar-refractivity contribution in [2.45, 2.75) is 58.3 Å². The summed E-state index contributed by atoms with van der Waals surface area (Å²) in [4.78, 5) is 23.8. The van der Waals surface area contributed by atoms with Crippen LogP contribution in [0.4, 0.5) is 0 Å². The number of fused-ring (bicyclic) bond motifs is 1. The molecular formula is C13H20O5. The van der Waals surface area contributed by atoms with Gasteiger partial charge in [0.25, 0.3) is 0 Å². The quantitative estimate of drug-likeness (QED) is 0.712. The lowest BCUT2D eigenvalue weighted by atomic mass is 9.85. The molecule has 2 aliphatic heterocycles. The molecule has 0 aromatic heterocycles. The molecule has 2 aliphatic rings. The number of hydrogen-bond donors (Lipinski definition) is 0. The molecule has 0 radical (unpaired) electrons. The zero-order chi connectivity index (χ0) is 13.3. The van der Waals surface area contributed by atoms with Crippen LogP contribution >= 0.6 is 0 Å². The zero-order valence-corrected chi connectivity index (χ0v) is 11.1.